The predicted octanol–water partition coefficient (Wildman–Crippen LogP) is 1.85. The van der Waals surface area contributed by atoms with Gasteiger partial charge in [-0.2, -0.15) is 0 Å². The summed E-state index contributed by atoms with van der Waals surface area (Å²) < 4.78 is 14.2. The first-order valence-corrected chi connectivity index (χ1v) is 4.87. The normalized spacial score (nSPS) is 25.9. The fraction of sp³-hybridized carbons (Fsp3) is 0.455. The zero-order valence-corrected chi connectivity index (χ0v) is 7.96. The van der Waals surface area contributed by atoms with Crippen LogP contribution in [0.4, 0.5) is 4.39 Å². The van der Waals surface area contributed by atoms with Gasteiger partial charge in [0, 0.05) is 6.54 Å². The van der Waals surface area contributed by atoms with Gasteiger partial charge in [-0.3, -0.25) is 0 Å². The van der Waals surface area contributed by atoms with Crippen molar-refractivity contribution >= 4 is 0 Å². The number of phenolic OH excluding ortho intramolecular Hbond substituents is 1. The molecule has 2 nitrogen and oxygen atoms in total. The van der Waals surface area contributed by atoms with E-state index in [-0.39, 0.29) is 12.3 Å². The minimum Gasteiger partial charge on any atom is -0.508 e. The molecule has 0 saturated carbocycles. The Hall–Kier alpha value is -1.09. The summed E-state index contributed by atoms with van der Waals surface area (Å²) in [6.07, 6.45) is 2.11. The van der Waals surface area contributed by atoms with Crippen LogP contribution in [0.25, 0.3) is 0 Å². The maximum atomic E-state index is 14.2. The Bertz CT molecular complexity index is 353. The quantitative estimate of drug-likeness (QED) is 0.718. The molecule has 3 N–H and O–H groups in total. The molecule has 1 aliphatic carbocycles. The molecule has 76 valence electrons. The average Bonchev–Trinajstić information content (AvgIpc) is 2.18. The summed E-state index contributed by atoms with van der Waals surface area (Å²) in [5.74, 6) is 0.199. The molecular weight excluding hydrogens is 181 g/mol. The van der Waals surface area contributed by atoms with Crippen LogP contribution in [0.2, 0.25) is 0 Å². The van der Waals surface area contributed by atoms with E-state index in [2.05, 4.69) is 0 Å². The van der Waals surface area contributed by atoms with Crippen molar-refractivity contribution < 1.29 is 9.50 Å². The number of benzene rings is 1. The van der Waals surface area contributed by atoms with Crippen molar-refractivity contribution in [3.63, 3.8) is 0 Å². The van der Waals surface area contributed by atoms with Crippen LogP contribution in [0.1, 0.15) is 24.0 Å². The van der Waals surface area contributed by atoms with Crippen LogP contribution in [0.15, 0.2) is 18.2 Å². The first-order chi connectivity index (χ1) is 6.65. The molecule has 1 aromatic carbocycles. The maximum Gasteiger partial charge on any atom is 0.148 e. The zero-order valence-electron chi connectivity index (χ0n) is 7.96. The van der Waals surface area contributed by atoms with E-state index < -0.39 is 5.67 Å². The smallest absolute Gasteiger partial charge is 0.148 e. The molecule has 0 spiro atoms. The third-order valence-corrected chi connectivity index (χ3v) is 2.91. The highest BCUT2D eigenvalue weighted by atomic mass is 19.1. The van der Waals surface area contributed by atoms with E-state index in [0.717, 1.165) is 18.4 Å². The van der Waals surface area contributed by atoms with Gasteiger partial charge < -0.3 is 10.8 Å². The predicted molar refractivity (Wildman–Crippen MR) is 52.9 cm³/mol. The summed E-state index contributed by atoms with van der Waals surface area (Å²) >= 11 is 0. The lowest BCUT2D eigenvalue weighted by Gasteiger charge is -2.30. The molecule has 0 amide bonds. The molecule has 1 aliphatic rings. The number of phenols is 1. The van der Waals surface area contributed by atoms with E-state index in [9.17, 15) is 9.50 Å². The second-order valence-corrected chi connectivity index (χ2v) is 3.86. The topological polar surface area (TPSA) is 46.2 Å². The van der Waals surface area contributed by atoms with E-state index in [1.165, 1.54) is 6.07 Å². The highest BCUT2D eigenvalue weighted by Crippen LogP contribution is 2.38. The largest absolute Gasteiger partial charge is 0.508 e. The number of aryl methyl sites for hydroxylation is 1. The summed E-state index contributed by atoms with van der Waals surface area (Å²) in [6, 6.07) is 4.81. The van der Waals surface area contributed by atoms with E-state index in [4.69, 9.17) is 5.73 Å². The van der Waals surface area contributed by atoms with Crippen LogP contribution in [0.3, 0.4) is 0 Å². The van der Waals surface area contributed by atoms with Crippen molar-refractivity contribution in [2.24, 2.45) is 5.73 Å². The monoisotopic (exact) mass is 195 g/mol. The fourth-order valence-corrected chi connectivity index (χ4v) is 2.13. The SMILES string of the molecule is NCC1(F)CCCc2cc(O)ccc21. The van der Waals surface area contributed by atoms with Gasteiger partial charge in [-0.1, -0.05) is 6.07 Å². The number of aromatic hydroxyl groups is 1. The fourth-order valence-electron chi connectivity index (χ4n) is 2.13. The molecule has 3 heteroatoms. The summed E-state index contributed by atoms with van der Waals surface area (Å²) in [4.78, 5) is 0. The van der Waals surface area contributed by atoms with Gasteiger partial charge in [0.2, 0.25) is 0 Å². The Morgan fingerprint density at radius 3 is 3.00 bits per heavy atom. The molecule has 0 aromatic heterocycles. The molecule has 0 aliphatic heterocycles. The third-order valence-electron chi connectivity index (χ3n) is 2.91. The number of rotatable bonds is 1. The molecule has 0 radical (unpaired) electrons. The Balaban J connectivity index is 2.50. The molecule has 0 fully saturated rings. The van der Waals surface area contributed by atoms with Crippen LogP contribution in [0, 0.1) is 0 Å². The highest BCUT2D eigenvalue weighted by Gasteiger charge is 2.35. The van der Waals surface area contributed by atoms with Crippen molar-refractivity contribution in [3.8, 4) is 5.75 Å². The molecule has 14 heavy (non-hydrogen) atoms. The Morgan fingerprint density at radius 2 is 2.29 bits per heavy atom. The Morgan fingerprint density at radius 1 is 1.50 bits per heavy atom. The average molecular weight is 195 g/mol. The summed E-state index contributed by atoms with van der Waals surface area (Å²) in [6.45, 7) is 0.0186. The lowest BCUT2D eigenvalue weighted by molar-refractivity contribution is 0.146. The maximum absolute atomic E-state index is 14.2. The summed E-state index contributed by atoms with van der Waals surface area (Å²) in [5, 5.41) is 9.28. The van der Waals surface area contributed by atoms with Crippen LogP contribution >= 0.6 is 0 Å². The summed E-state index contributed by atoms with van der Waals surface area (Å²) in [5.41, 5.74) is 5.61. The van der Waals surface area contributed by atoms with E-state index in [1.807, 2.05) is 0 Å². The minimum atomic E-state index is -1.39. The molecule has 1 unspecified atom stereocenters. The molecular formula is C11H14FNO. The second kappa shape index (κ2) is 3.24. The van der Waals surface area contributed by atoms with E-state index >= 15 is 0 Å². The van der Waals surface area contributed by atoms with Crippen LogP contribution in [-0.2, 0) is 12.1 Å². The number of hydrogen-bond acceptors (Lipinski definition) is 2. The van der Waals surface area contributed by atoms with Gasteiger partial charge in [0.05, 0.1) is 0 Å². The van der Waals surface area contributed by atoms with Crippen LogP contribution in [0.5, 0.6) is 5.75 Å². The van der Waals surface area contributed by atoms with Gasteiger partial charge in [0.25, 0.3) is 0 Å². The molecule has 2 rings (SSSR count). The Kier molecular flexibility index (Phi) is 2.19. The lowest BCUT2D eigenvalue weighted by atomic mass is 9.80. The number of hydrogen-bond donors (Lipinski definition) is 2. The zero-order chi connectivity index (χ0) is 10.2. The van der Waals surface area contributed by atoms with Crippen molar-refractivity contribution in [3.05, 3.63) is 29.3 Å². The van der Waals surface area contributed by atoms with Gasteiger partial charge >= 0.3 is 0 Å². The van der Waals surface area contributed by atoms with Crippen molar-refractivity contribution in [2.75, 3.05) is 6.54 Å². The van der Waals surface area contributed by atoms with Gasteiger partial charge in [-0.25, -0.2) is 4.39 Å². The number of halogens is 1. The second-order valence-electron chi connectivity index (χ2n) is 3.86. The lowest BCUT2D eigenvalue weighted by Crippen LogP contribution is -2.34. The van der Waals surface area contributed by atoms with Gasteiger partial charge in [0.15, 0.2) is 0 Å². The molecule has 0 heterocycles. The van der Waals surface area contributed by atoms with Crippen molar-refractivity contribution in [1.82, 2.24) is 0 Å². The molecule has 0 bridgehead atoms. The van der Waals surface area contributed by atoms with Gasteiger partial charge in [0.1, 0.15) is 11.4 Å². The van der Waals surface area contributed by atoms with Crippen molar-refractivity contribution in [2.45, 2.75) is 24.9 Å². The van der Waals surface area contributed by atoms with Crippen molar-refractivity contribution in [1.29, 1.82) is 0 Å². The number of fused-ring (bicyclic) bond motifs is 1. The molecule has 1 atom stereocenters. The van der Waals surface area contributed by atoms with Crippen LogP contribution in [-0.4, -0.2) is 11.7 Å². The standard InChI is InChI=1S/C11H14FNO/c12-11(7-13)5-1-2-8-6-9(14)3-4-10(8)11/h3-4,6,14H,1-2,5,7,13H2. The number of alkyl halides is 1. The van der Waals surface area contributed by atoms with E-state index in [1.54, 1.807) is 12.1 Å². The summed E-state index contributed by atoms with van der Waals surface area (Å²) in [7, 11) is 0. The molecule has 1 aromatic rings. The van der Waals surface area contributed by atoms with Crippen LogP contribution < -0.4 is 5.73 Å². The highest BCUT2D eigenvalue weighted by molar-refractivity contribution is 5.40. The first kappa shape index (κ1) is 9.46. The minimum absolute atomic E-state index is 0.0186. The third kappa shape index (κ3) is 1.38. The molecule has 0 saturated heterocycles. The van der Waals surface area contributed by atoms with E-state index in [0.29, 0.717) is 12.0 Å². The number of nitrogens with two attached hydrogens (primary N) is 1. The Labute approximate surface area is 82.5 Å². The first-order valence-electron chi connectivity index (χ1n) is 4.87. The van der Waals surface area contributed by atoms with Gasteiger partial charge in [-0.15, -0.1) is 0 Å². The van der Waals surface area contributed by atoms with Gasteiger partial charge in [-0.05, 0) is 42.5 Å².